The number of benzene rings is 3. The second-order valence-electron chi connectivity index (χ2n) is 6.52. The summed E-state index contributed by atoms with van der Waals surface area (Å²) in [6.45, 7) is 0. The number of rotatable bonds is 5. The van der Waals surface area contributed by atoms with Crippen molar-refractivity contribution < 1.29 is 9.72 Å². The molecule has 0 aliphatic carbocycles. The third kappa shape index (κ3) is 4.01. The van der Waals surface area contributed by atoms with Gasteiger partial charge in [0.25, 0.3) is 11.6 Å². The quantitative estimate of drug-likeness (QED) is 0.228. The first-order chi connectivity index (χ1) is 15.0. The van der Waals surface area contributed by atoms with Gasteiger partial charge in [-0.25, -0.2) is 0 Å². The minimum atomic E-state index is -0.475. The van der Waals surface area contributed by atoms with E-state index in [-0.39, 0.29) is 16.7 Å². The zero-order chi connectivity index (χ0) is 22.0. The first-order valence-electron chi connectivity index (χ1n) is 9.09. The summed E-state index contributed by atoms with van der Waals surface area (Å²) in [7, 11) is 0. The van der Waals surface area contributed by atoms with Gasteiger partial charge in [0.1, 0.15) is 5.15 Å². The molecular formula is C22H14Cl2N4O3. The molecule has 0 amide bonds. The molecule has 4 aromatic rings. The molecule has 0 bridgehead atoms. The Morgan fingerprint density at radius 1 is 1.00 bits per heavy atom. The largest absolute Gasteiger partial charge is 0.278 e. The number of nitrogens with zero attached hydrogens (tertiary/aromatic N) is 3. The second kappa shape index (κ2) is 8.59. The molecular weight excluding hydrogens is 439 g/mol. The summed E-state index contributed by atoms with van der Waals surface area (Å²) < 4.78 is 1.39. The van der Waals surface area contributed by atoms with Crippen LogP contribution in [-0.2, 0) is 0 Å². The van der Waals surface area contributed by atoms with Crippen LogP contribution >= 0.6 is 23.2 Å². The van der Waals surface area contributed by atoms with Gasteiger partial charge in [0, 0.05) is 23.1 Å². The number of carbonyl (C=O) groups excluding carboxylic acids is 1. The van der Waals surface area contributed by atoms with Crippen molar-refractivity contribution in [2.75, 3.05) is 5.43 Å². The highest BCUT2D eigenvalue weighted by Crippen LogP contribution is 2.31. The van der Waals surface area contributed by atoms with Gasteiger partial charge in [0.15, 0.2) is 0 Å². The maximum atomic E-state index is 13.2. The summed E-state index contributed by atoms with van der Waals surface area (Å²) in [5.74, 6) is -0.352. The van der Waals surface area contributed by atoms with Crippen molar-refractivity contribution in [2.45, 2.75) is 0 Å². The fourth-order valence-electron chi connectivity index (χ4n) is 3.14. The van der Waals surface area contributed by atoms with Crippen LogP contribution in [0.1, 0.15) is 15.9 Å². The van der Waals surface area contributed by atoms with Crippen molar-refractivity contribution in [1.29, 1.82) is 0 Å². The Bertz CT molecular complexity index is 1330. The number of nitro groups is 1. The zero-order valence-corrected chi connectivity index (χ0v) is 17.3. The zero-order valence-electron chi connectivity index (χ0n) is 15.8. The van der Waals surface area contributed by atoms with E-state index in [0.29, 0.717) is 27.4 Å². The van der Waals surface area contributed by atoms with Crippen molar-refractivity contribution in [2.24, 2.45) is 5.10 Å². The van der Waals surface area contributed by atoms with E-state index in [1.165, 1.54) is 22.9 Å². The van der Waals surface area contributed by atoms with Crippen LogP contribution in [0.2, 0.25) is 10.2 Å². The van der Waals surface area contributed by atoms with Crippen LogP contribution in [0.5, 0.6) is 0 Å². The number of non-ortho nitro benzene ring substituents is 1. The number of nitrogens with one attached hydrogen (secondary N) is 1. The van der Waals surface area contributed by atoms with Crippen LogP contribution < -0.4 is 5.43 Å². The van der Waals surface area contributed by atoms with Crippen molar-refractivity contribution in [1.82, 2.24) is 4.57 Å². The highest BCUT2D eigenvalue weighted by molar-refractivity contribution is 6.37. The number of halogens is 2. The van der Waals surface area contributed by atoms with E-state index in [1.807, 2.05) is 18.2 Å². The molecule has 7 nitrogen and oxygen atoms in total. The standard InChI is InChI=1S/C22H14Cl2N4O3/c23-19-7-3-1-6-17(19)22(29)27-20-8-4-2-5-16(20)18(21(27)24)13-25-26-14-9-11-15(12-10-14)28(30)31/h1-13,26H. The molecule has 3 aromatic carbocycles. The van der Waals surface area contributed by atoms with Gasteiger partial charge >= 0.3 is 0 Å². The summed E-state index contributed by atoms with van der Waals surface area (Å²) in [5.41, 5.74) is 4.85. The molecule has 1 N–H and O–H groups in total. The van der Waals surface area contributed by atoms with E-state index >= 15 is 0 Å². The highest BCUT2D eigenvalue weighted by atomic mass is 35.5. The fourth-order valence-corrected chi connectivity index (χ4v) is 3.67. The second-order valence-corrected chi connectivity index (χ2v) is 7.28. The van der Waals surface area contributed by atoms with E-state index in [0.717, 1.165) is 5.39 Å². The van der Waals surface area contributed by atoms with Crippen LogP contribution in [-0.4, -0.2) is 21.6 Å². The highest BCUT2D eigenvalue weighted by Gasteiger charge is 2.21. The molecule has 9 heteroatoms. The SMILES string of the molecule is O=C(c1ccccc1Cl)n1c(Cl)c(C=NNc2ccc([N+](=O)[O-])cc2)c2ccccc21. The first-order valence-corrected chi connectivity index (χ1v) is 9.84. The van der Waals surface area contributed by atoms with Crippen LogP contribution in [0.3, 0.4) is 0 Å². The van der Waals surface area contributed by atoms with E-state index in [2.05, 4.69) is 10.5 Å². The lowest BCUT2D eigenvalue weighted by Gasteiger charge is -2.07. The number of anilines is 1. The third-order valence-electron chi connectivity index (χ3n) is 4.63. The molecule has 0 aliphatic heterocycles. The van der Waals surface area contributed by atoms with Crippen molar-refractivity contribution in [3.05, 3.63) is 104 Å². The number of hydrazone groups is 1. The fraction of sp³-hybridized carbons (Fsp3) is 0. The van der Waals surface area contributed by atoms with E-state index in [4.69, 9.17) is 23.2 Å². The molecule has 0 saturated heterocycles. The Labute approximate surface area is 186 Å². The van der Waals surface area contributed by atoms with Crippen LogP contribution in [0, 0.1) is 10.1 Å². The normalized spacial score (nSPS) is 11.2. The number of hydrogen-bond acceptors (Lipinski definition) is 5. The van der Waals surface area contributed by atoms with Gasteiger partial charge in [0.2, 0.25) is 0 Å². The van der Waals surface area contributed by atoms with Crippen molar-refractivity contribution in [3.63, 3.8) is 0 Å². The minimum Gasteiger partial charge on any atom is -0.278 e. The number of carbonyl (C=O) groups is 1. The van der Waals surface area contributed by atoms with Gasteiger partial charge in [-0.15, -0.1) is 0 Å². The number of nitro benzene ring substituents is 1. The number of para-hydroxylation sites is 1. The molecule has 0 saturated carbocycles. The van der Waals surface area contributed by atoms with Gasteiger partial charge in [-0.3, -0.25) is 24.9 Å². The van der Waals surface area contributed by atoms with Crippen LogP contribution in [0.25, 0.3) is 10.9 Å². The smallest absolute Gasteiger partial charge is 0.269 e. The Kier molecular flexibility index (Phi) is 5.70. The molecule has 0 fully saturated rings. The van der Waals surface area contributed by atoms with Gasteiger partial charge in [-0.2, -0.15) is 5.10 Å². The van der Waals surface area contributed by atoms with E-state index in [9.17, 15) is 14.9 Å². The molecule has 0 radical (unpaired) electrons. The summed E-state index contributed by atoms with van der Waals surface area (Å²) in [4.78, 5) is 23.5. The average molecular weight is 453 g/mol. The first kappa shape index (κ1) is 20.6. The predicted octanol–water partition coefficient (Wildman–Crippen LogP) is 5.99. The van der Waals surface area contributed by atoms with E-state index in [1.54, 1.807) is 42.5 Å². The van der Waals surface area contributed by atoms with Gasteiger partial charge in [-0.1, -0.05) is 53.5 Å². The minimum absolute atomic E-state index is 0.0151. The summed E-state index contributed by atoms with van der Waals surface area (Å²) >= 11 is 12.8. The lowest BCUT2D eigenvalue weighted by Crippen LogP contribution is -2.12. The number of fused-ring (bicyclic) bond motifs is 1. The van der Waals surface area contributed by atoms with Gasteiger partial charge < -0.3 is 0 Å². The Morgan fingerprint density at radius 2 is 1.68 bits per heavy atom. The Hall–Kier alpha value is -3.68. The summed E-state index contributed by atoms with van der Waals surface area (Å²) in [6, 6.07) is 19.9. The third-order valence-corrected chi connectivity index (χ3v) is 5.33. The topological polar surface area (TPSA) is 89.5 Å². The Morgan fingerprint density at radius 3 is 2.39 bits per heavy atom. The lowest BCUT2D eigenvalue weighted by molar-refractivity contribution is -0.384. The molecule has 0 atom stereocenters. The molecule has 1 heterocycles. The van der Waals surface area contributed by atoms with Gasteiger partial charge in [0.05, 0.1) is 32.9 Å². The van der Waals surface area contributed by atoms with Crippen LogP contribution in [0.15, 0.2) is 77.9 Å². The Balaban J connectivity index is 1.70. The monoisotopic (exact) mass is 452 g/mol. The summed E-state index contributed by atoms with van der Waals surface area (Å²) in [6.07, 6.45) is 1.50. The lowest BCUT2D eigenvalue weighted by atomic mass is 10.2. The van der Waals surface area contributed by atoms with Crippen molar-refractivity contribution >= 4 is 57.6 Å². The average Bonchev–Trinajstić information content (AvgIpc) is 3.05. The molecule has 31 heavy (non-hydrogen) atoms. The predicted molar refractivity (Wildman–Crippen MR) is 122 cm³/mol. The molecule has 0 spiro atoms. The molecule has 4 rings (SSSR count). The summed E-state index contributed by atoms with van der Waals surface area (Å²) in [5, 5.41) is 16.2. The number of aromatic nitrogens is 1. The molecule has 0 unspecified atom stereocenters. The van der Waals surface area contributed by atoms with Crippen LogP contribution in [0.4, 0.5) is 11.4 Å². The maximum Gasteiger partial charge on any atom is 0.269 e. The molecule has 1 aromatic heterocycles. The number of hydrogen-bond donors (Lipinski definition) is 1. The molecule has 154 valence electrons. The maximum absolute atomic E-state index is 13.2. The van der Waals surface area contributed by atoms with Gasteiger partial charge in [-0.05, 0) is 30.3 Å². The van der Waals surface area contributed by atoms with E-state index < -0.39 is 4.92 Å². The molecule has 0 aliphatic rings. The van der Waals surface area contributed by atoms with Crippen molar-refractivity contribution in [3.8, 4) is 0 Å².